The van der Waals surface area contributed by atoms with Crippen molar-refractivity contribution in [3.63, 3.8) is 0 Å². The maximum Gasteiger partial charge on any atom is 0.325 e. The lowest BCUT2D eigenvalue weighted by Crippen LogP contribution is -2.47. The minimum absolute atomic E-state index is 0.0561. The minimum atomic E-state index is -0.418. The number of esters is 1. The van der Waals surface area contributed by atoms with Gasteiger partial charge in [-0.2, -0.15) is 0 Å². The highest BCUT2D eigenvalue weighted by atomic mass is 16.5. The quantitative estimate of drug-likeness (QED) is 0.775. The molecule has 0 aromatic heterocycles. The predicted molar refractivity (Wildman–Crippen MR) is 73.6 cm³/mol. The van der Waals surface area contributed by atoms with E-state index in [-0.39, 0.29) is 18.5 Å². The second-order valence-corrected chi connectivity index (χ2v) is 5.70. The van der Waals surface area contributed by atoms with Gasteiger partial charge in [-0.15, -0.1) is 0 Å². The lowest BCUT2D eigenvalue weighted by atomic mass is 9.97. The van der Waals surface area contributed by atoms with Gasteiger partial charge in [0.05, 0.1) is 13.2 Å². The highest BCUT2D eigenvalue weighted by Crippen LogP contribution is 2.22. The van der Waals surface area contributed by atoms with Crippen LogP contribution in [0.5, 0.6) is 0 Å². The largest absolute Gasteiger partial charge is 0.468 e. The summed E-state index contributed by atoms with van der Waals surface area (Å²) in [5.41, 5.74) is 0. The van der Waals surface area contributed by atoms with E-state index in [1.165, 1.54) is 13.5 Å². The van der Waals surface area contributed by atoms with E-state index in [1.54, 1.807) is 0 Å². The van der Waals surface area contributed by atoms with Crippen LogP contribution in [0.4, 0.5) is 0 Å². The van der Waals surface area contributed by atoms with Crippen LogP contribution in [-0.2, 0) is 14.3 Å². The maximum absolute atomic E-state index is 12.0. The molecule has 0 spiro atoms. The second-order valence-electron chi connectivity index (χ2n) is 5.70. The second kappa shape index (κ2) is 7.48. The summed E-state index contributed by atoms with van der Waals surface area (Å²) in [6.45, 7) is 8.22. The van der Waals surface area contributed by atoms with Crippen LogP contribution in [0.1, 0.15) is 33.6 Å². The number of rotatable bonds is 4. The molecule has 0 unspecified atom stereocenters. The lowest BCUT2D eigenvalue weighted by molar-refractivity contribution is -0.141. The lowest BCUT2D eigenvalue weighted by Gasteiger charge is -2.28. The fourth-order valence-electron chi connectivity index (χ4n) is 2.65. The van der Waals surface area contributed by atoms with E-state index < -0.39 is 5.97 Å². The third kappa shape index (κ3) is 5.19. The highest BCUT2D eigenvalue weighted by molar-refractivity contribution is 5.85. The van der Waals surface area contributed by atoms with Crippen molar-refractivity contribution >= 4 is 11.9 Å². The standard InChI is InChI=1S/C14H26N2O3/c1-10-5-6-16(9-11(2)7-10)12(3)14(18)15-8-13(17)19-4/h10-12H,5-9H2,1-4H3,(H,15,18)/t10-,11-,12+/m1/s1. The van der Waals surface area contributed by atoms with Gasteiger partial charge in [0, 0.05) is 6.54 Å². The van der Waals surface area contributed by atoms with Crippen LogP contribution in [0.2, 0.25) is 0 Å². The topological polar surface area (TPSA) is 58.6 Å². The van der Waals surface area contributed by atoms with Gasteiger partial charge in [0.25, 0.3) is 0 Å². The summed E-state index contributed by atoms with van der Waals surface area (Å²) in [6.07, 6.45) is 2.34. The fourth-order valence-corrected chi connectivity index (χ4v) is 2.65. The third-order valence-corrected chi connectivity index (χ3v) is 3.82. The molecule has 1 rings (SSSR count). The van der Waals surface area contributed by atoms with Gasteiger partial charge >= 0.3 is 5.97 Å². The van der Waals surface area contributed by atoms with E-state index in [0.717, 1.165) is 19.5 Å². The summed E-state index contributed by atoms with van der Waals surface area (Å²) in [5, 5.41) is 2.62. The Morgan fingerprint density at radius 2 is 2.05 bits per heavy atom. The minimum Gasteiger partial charge on any atom is -0.468 e. The number of likely N-dealkylation sites (tertiary alicyclic amines) is 1. The Morgan fingerprint density at radius 3 is 2.68 bits per heavy atom. The number of methoxy groups -OCH3 is 1. The number of nitrogens with zero attached hydrogens (tertiary/aromatic N) is 1. The smallest absolute Gasteiger partial charge is 0.325 e. The average Bonchev–Trinajstić information content (AvgIpc) is 2.55. The van der Waals surface area contributed by atoms with Gasteiger partial charge < -0.3 is 10.1 Å². The molecule has 1 heterocycles. The number of hydrogen-bond donors (Lipinski definition) is 1. The first-order valence-corrected chi connectivity index (χ1v) is 7.02. The molecule has 1 aliphatic rings. The van der Waals surface area contributed by atoms with Crippen molar-refractivity contribution < 1.29 is 14.3 Å². The SMILES string of the molecule is COC(=O)CNC(=O)[C@H](C)N1CC[C@@H](C)C[C@@H](C)C1. The molecule has 19 heavy (non-hydrogen) atoms. The van der Waals surface area contributed by atoms with Crippen LogP contribution in [0.3, 0.4) is 0 Å². The Labute approximate surface area is 115 Å². The molecule has 1 N–H and O–H groups in total. The molecular formula is C14H26N2O3. The Kier molecular flexibility index (Phi) is 6.28. The molecule has 0 aromatic carbocycles. The van der Waals surface area contributed by atoms with Gasteiger partial charge in [-0.3, -0.25) is 14.5 Å². The first-order valence-electron chi connectivity index (χ1n) is 7.02. The molecule has 5 nitrogen and oxygen atoms in total. The summed E-state index contributed by atoms with van der Waals surface area (Å²) < 4.78 is 4.51. The fraction of sp³-hybridized carbons (Fsp3) is 0.857. The molecule has 1 aliphatic heterocycles. The number of hydrogen-bond acceptors (Lipinski definition) is 4. The van der Waals surface area contributed by atoms with Crippen LogP contribution >= 0.6 is 0 Å². The number of nitrogens with one attached hydrogen (secondary N) is 1. The van der Waals surface area contributed by atoms with Crippen LogP contribution in [-0.4, -0.2) is 49.6 Å². The van der Waals surface area contributed by atoms with Gasteiger partial charge in [-0.25, -0.2) is 0 Å². The molecule has 5 heteroatoms. The zero-order valence-electron chi connectivity index (χ0n) is 12.4. The molecule has 0 aliphatic carbocycles. The van der Waals surface area contributed by atoms with Crippen molar-refractivity contribution in [2.45, 2.75) is 39.7 Å². The zero-order chi connectivity index (χ0) is 14.4. The van der Waals surface area contributed by atoms with Crippen molar-refractivity contribution in [2.75, 3.05) is 26.7 Å². The van der Waals surface area contributed by atoms with E-state index in [1.807, 2.05) is 6.92 Å². The van der Waals surface area contributed by atoms with Crippen molar-refractivity contribution in [1.82, 2.24) is 10.2 Å². The Morgan fingerprint density at radius 1 is 1.37 bits per heavy atom. The van der Waals surface area contributed by atoms with Crippen molar-refractivity contribution in [3.05, 3.63) is 0 Å². The summed E-state index contributed by atoms with van der Waals surface area (Å²) in [5.74, 6) is 0.796. The van der Waals surface area contributed by atoms with Crippen molar-refractivity contribution in [1.29, 1.82) is 0 Å². The number of carbonyl (C=O) groups is 2. The van der Waals surface area contributed by atoms with E-state index >= 15 is 0 Å². The van der Waals surface area contributed by atoms with Crippen LogP contribution < -0.4 is 5.32 Å². The van der Waals surface area contributed by atoms with E-state index in [2.05, 4.69) is 28.8 Å². The zero-order valence-corrected chi connectivity index (χ0v) is 12.4. The van der Waals surface area contributed by atoms with Crippen LogP contribution in [0, 0.1) is 11.8 Å². The van der Waals surface area contributed by atoms with Gasteiger partial charge in [0.15, 0.2) is 0 Å². The summed E-state index contributed by atoms with van der Waals surface area (Å²) in [4.78, 5) is 25.2. The molecule has 1 saturated heterocycles. The Balaban J connectivity index is 2.48. The summed E-state index contributed by atoms with van der Waals surface area (Å²) >= 11 is 0. The van der Waals surface area contributed by atoms with Crippen LogP contribution in [0.25, 0.3) is 0 Å². The van der Waals surface area contributed by atoms with Gasteiger partial charge in [0.2, 0.25) is 5.91 Å². The molecule has 110 valence electrons. The molecular weight excluding hydrogens is 244 g/mol. The number of ether oxygens (including phenoxy) is 1. The van der Waals surface area contributed by atoms with E-state index in [0.29, 0.717) is 11.8 Å². The third-order valence-electron chi connectivity index (χ3n) is 3.82. The van der Waals surface area contributed by atoms with Gasteiger partial charge in [0.1, 0.15) is 6.54 Å². The Bertz CT molecular complexity index is 320. The molecule has 0 radical (unpaired) electrons. The van der Waals surface area contributed by atoms with Gasteiger partial charge in [-0.05, 0) is 38.1 Å². The molecule has 3 atom stereocenters. The monoisotopic (exact) mass is 270 g/mol. The van der Waals surface area contributed by atoms with Crippen LogP contribution in [0.15, 0.2) is 0 Å². The summed E-state index contributed by atoms with van der Waals surface area (Å²) in [6, 6.07) is -0.197. The molecule has 1 fully saturated rings. The van der Waals surface area contributed by atoms with Crippen molar-refractivity contribution in [2.24, 2.45) is 11.8 Å². The van der Waals surface area contributed by atoms with E-state index in [9.17, 15) is 9.59 Å². The normalized spacial score (nSPS) is 26.3. The first-order chi connectivity index (χ1) is 8.93. The molecule has 0 aromatic rings. The Hall–Kier alpha value is -1.10. The van der Waals surface area contributed by atoms with E-state index in [4.69, 9.17) is 0 Å². The molecule has 0 saturated carbocycles. The van der Waals surface area contributed by atoms with Gasteiger partial charge in [-0.1, -0.05) is 13.8 Å². The maximum atomic E-state index is 12.0. The van der Waals surface area contributed by atoms with Crippen molar-refractivity contribution in [3.8, 4) is 0 Å². The predicted octanol–water partition coefficient (Wildman–Crippen LogP) is 1.03. The highest BCUT2D eigenvalue weighted by Gasteiger charge is 2.26. The molecule has 0 bridgehead atoms. The number of carbonyl (C=O) groups excluding carboxylic acids is 2. The number of amides is 1. The summed E-state index contributed by atoms with van der Waals surface area (Å²) in [7, 11) is 1.32. The molecule has 1 amide bonds. The average molecular weight is 270 g/mol. The first kappa shape index (κ1) is 16.0.